The summed E-state index contributed by atoms with van der Waals surface area (Å²) in [6, 6.07) is 9.25. The predicted octanol–water partition coefficient (Wildman–Crippen LogP) is 1.91. The van der Waals surface area contributed by atoms with Crippen LogP contribution in [0.3, 0.4) is 0 Å². The molecule has 0 radical (unpaired) electrons. The summed E-state index contributed by atoms with van der Waals surface area (Å²) in [5.74, 6) is -0.290. The molecule has 0 saturated heterocycles. The second-order valence-electron chi connectivity index (χ2n) is 6.50. The average Bonchev–Trinajstić information content (AvgIpc) is 3.07. The van der Waals surface area contributed by atoms with Gasteiger partial charge in [0, 0.05) is 19.7 Å². The zero-order chi connectivity index (χ0) is 18.1. The van der Waals surface area contributed by atoms with Crippen LogP contribution in [0.5, 0.6) is 0 Å². The van der Waals surface area contributed by atoms with Crippen molar-refractivity contribution in [3.05, 3.63) is 35.9 Å². The molecule has 0 aliphatic heterocycles. The number of benzene rings is 1. The van der Waals surface area contributed by atoms with Crippen molar-refractivity contribution >= 4 is 15.9 Å². The second-order valence-corrected chi connectivity index (χ2v) is 8.48. The Hall–Kier alpha value is -1.44. The third-order valence-electron chi connectivity index (χ3n) is 4.29. The normalized spacial score (nSPS) is 15.6. The van der Waals surface area contributed by atoms with E-state index in [0.29, 0.717) is 19.3 Å². The molecule has 0 heterocycles. The zero-order valence-electron chi connectivity index (χ0n) is 14.8. The van der Waals surface area contributed by atoms with Gasteiger partial charge in [0.15, 0.2) is 0 Å². The maximum Gasteiger partial charge on any atom is 0.235 e. The van der Waals surface area contributed by atoms with E-state index < -0.39 is 10.0 Å². The van der Waals surface area contributed by atoms with Gasteiger partial charge in [0.05, 0.1) is 18.9 Å². The molecule has 1 saturated carbocycles. The molecule has 0 aromatic heterocycles. The van der Waals surface area contributed by atoms with Crippen LogP contribution in [0.2, 0.25) is 0 Å². The zero-order valence-corrected chi connectivity index (χ0v) is 15.6. The Balaban J connectivity index is 1.71. The van der Waals surface area contributed by atoms with Crippen LogP contribution in [-0.4, -0.2) is 50.7 Å². The van der Waals surface area contributed by atoms with Crippen LogP contribution in [0, 0.1) is 0 Å². The van der Waals surface area contributed by atoms with E-state index in [2.05, 4.69) is 5.32 Å². The molecule has 1 aliphatic carbocycles. The minimum absolute atomic E-state index is 0.169. The summed E-state index contributed by atoms with van der Waals surface area (Å²) in [7, 11) is -3.46. The van der Waals surface area contributed by atoms with Gasteiger partial charge in [0.1, 0.15) is 0 Å². The first-order chi connectivity index (χ1) is 11.9. The number of carbonyl (C=O) groups excluding carboxylic acids is 1. The standard InChI is InChI=1S/C18H28N2O4S/c1-25(22,23)20(14-16-8-3-2-4-9-16)15-18(21)19-12-7-13-24-17-10-5-6-11-17/h2-4,8-9,17H,5-7,10-15H2,1H3,(H,19,21). The maximum absolute atomic E-state index is 12.1. The van der Waals surface area contributed by atoms with Gasteiger partial charge in [0.2, 0.25) is 15.9 Å². The number of carbonyl (C=O) groups is 1. The molecule has 25 heavy (non-hydrogen) atoms. The number of rotatable bonds is 10. The highest BCUT2D eigenvalue weighted by atomic mass is 32.2. The minimum atomic E-state index is -3.46. The number of amides is 1. The third-order valence-corrected chi connectivity index (χ3v) is 5.49. The van der Waals surface area contributed by atoms with E-state index >= 15 is 0 Å². The Morgan fingerprint density at radius 2 is 1.92 bits per heavy atom. The highest BCUT2D eigenvalue weighted by Gasteiger charge is 2.20. The lowest BCUT2D eigenvalue weighted by Crippen LogP contribution is -2.40. The molecule has 6 nitrogen and oxygen atoms in total. The summed E-state index contributed by atoms with van der Waals surface area (Å²) in [5.41, 5.74) is 0.852. The summed E-state index contributed by atoms with van der Waals surface area (Å²) in [6.07, 6.45) is 6.99. The fourth-order valence-corrected chi connectivity index (χ4v) is 3.63. The van der Waals surface area contributed by atoms with E-state index in [9.17, 15) is 13.2 Å². The molecule has 1 aromatic rings. The van der Waals surface area contributed by atoms with Gasteiger partial charge >= 0.3 is 0 Å². The van der Waals surface area contributed by atoms with Gasteiger partial charge in [-0.25, -0.2) is 8.42 Å². The topological polar surface area (TPSA) is 75.7 Å². The number of hydrogen-bond donors (Lipinski definition) is 1. The molecular weight excluding hydrogens is 340 g/mol. The molecule has 0 unspecified atom stereocenters. The third kappa shape index (κ3) is 7.54. The Labute approximate surface area is 150 Å². The first kappa shape index (κ1) is 19.9. The lowest BCUT2D eigenvalue weighted by Gasteiger charge is -2.19. The van der Waals surface area contributed by atoms with Crippen LogP contribution in [0.25, 0.3) is 0 Å². The van der Waals surface area contributed by atoms with Gasteiger partial charge in [-0.05, 0) is 24.8 Å². The maximum atomic E-state index is 12.1. The minimum Gasteiger partial charge on any atom is -0.378 e. The van der Waals surface area contributed by atoms with E-state index in [1.165, 1.54) is 17.1 Å². The van der Waals surface area contributed by atoms with Crippen LogP contribution in [0.4, 0.5) is 0 Å². The molecule has 1 aliphatic rings. The van der Waals surface area contributed by atoms with Gasteiger partial charge in [-0.2, -0.15) is 4.31 Å². The van der Waals surface area contributed by atoms with Crippen molar-refractivity contribution in [2.45, 2.75) is 44.8 Å². The molecule has 1 fully saturated rings. The van der Waals surface area contributed by atoms with Crippen LogP contribution in [0.15, 0.2) is 30.3 Å². The summed E-state index contributed by atoms with van der Waals surface area (Å²) in [4.78, 5) is 12.1. The quantitative estimate of drug-likeness (QED) is 0.640. The van der Waals surface area contributed by atoms with Crippen LogP contribution < -0.4 is 5.32 Å². The van der Waals surface area contributed by atoms with Crippen LogP contribution in [0.1, 0.15) is 37.7 Å². The molecule has 0 spiro atoms. The first-order valence-electron chi connectivity index (χ1n) is 8.82. The van der Waals surface area contributed by atoms with Crippen LogP contribution >= 0.6 is 0 Å². The van der Waals surface area contributed by atoms with Gasteiger partial charge in [-0.1, -0.05) is 43.2 Å². The molecule has 0 atom stereocenters. The van der Waals surface area contributed by atoms with E-state index in [-0.39, 0.29) is 19.0 Å². The van der Waals surface area contributed by atoms with E-state index in [0.717, 1.165) is 31.1 Å². The molecule has 0 bridgehead atoms. The first-order valence-corrected chi connectivity index (χ1v) is 10.7. The number of nitrogens with one attached hydrogen (secondary N) is 1. The molecule has 2 rings (SSSR count). The summed E-state index contributed by atoms with van der Waals surface area (Å²) in [6.45, 7) is 1.15. The fraction of sp³-hybridized carbons (Fsp3) is 0.611. The molecule has 1 N–H and O–H groups in total. The summed E-state index contributed by atoms with van der Waals surface area (Å²) >= 11 is 0. The lowest BCUT2D eigenvalue weighted by atomic mass is 10.2. The Morgan fingerprint density at radius 3 is 2.56 bits per heavy atom. The van der Waals surface area contributed by atoms with Crippen LogP contribution in [-0.2, 0) is 26.1 Å². The Bertz CT molecular complexity index is 628. The van der Waals surface area contributed by atoms with E-state index in [1.807, 2.05) is 30.3 Å². The van der Waals surface area contributed by atoms with Gasteiger partial charge in [-0.3, -0.25) is 4.79 Å². The van der Waals surface area contributed by atoms with E-state index in [1.54, 1.807) is 0 Å². The van der Waals surface area contributed by atoms with Gasteiger partial charge < -0.3 is 10.1 Å². The smallest absolute Gasteiger partial charge is 0.235 e. The van der Waals surface area contributed by atoms with Gasteiger partial charge in [-0.15, -0.1) is 0 Å². The number of ether oxygens (including phenoxy) is 1. The largest absolute Gasteiger partial charge is 0.378 e. The van der Waals surface area contributed by atoms with Crippen molar-refractivity contribution < 1.29 is 17.9 Å². The number of nitrogens with zero attached hydrogens (tertiary/aromatic N) is 1. The van der Waals surface area contributed by atoms with Crippen molar-refractivity contribution in [2.75, 3.05) is 26.0 Å². The fourth-order valence-electron chi connectivity index (χ4n) is 2.90. The highest BCUT2D eigenvalue weighted by molar-refractivity contribution is 7.88. The molecule has 140 valence electrons. The van der Waals surface area contributed by atoms with Gasteiger partial charge in [0.25, 0.3) is 0 Å². The average molecular weight is 368 g/mol. The lowest BCUT2D eigenvalue weighted by molar-refractivity contribution is -0.121. The predicted molar refractivity (Wildman–Crippen MR) is 97.5 cm³/mol. The van der Waals surface area contributed by atoms with Crippen molar-refractivity contribution in [2.24, 2.45) is 0 Å². The van der Waals surface area contributed by atoms with Crippen molar-refractivity contribution in [1.29, 1.82) is 0 Å². The number of sulfonamides is 1. The van der Waals surface area contributed by atoms with Crippen molar-refractivity contribution in [1.82, 2.24) is 9.62 Å². The van der Waals surface area contributed by atoms with Crippen molar-refractivity contribution in [3.8, 4) is 0 Å². The molecule has 1 amide bonds. The SMILES string of the molecule is CS(=O)(=O)N(CC(=O)NCCCOC1CCCC1)Cc1ccccc1. The van der Waals surface area contributed by atoms with E-state index in [4.69, 9.17) is 4.74 Å². The molecule has 1 aromatic carbocycles. The summed E-state index contributed by atoms with van der Waals surface area (Å²) < 4.78 is 30.8. The molecular formula is C18H28N2O4S. The highest BCUT2D eigenvalue weighted by Crippen LogP contribution is 2.20. The van der Waals surface area contributed by atoms with Crippen molar-refractivity contribution in [3.63, 3.8) is 0 Å². The Kier molecular flexibility index (Phi) is 7.87. The summed E-state index contributed by atoms with van der Waals surface area (Å²) in [5, 5.41) is 2.77. The monoisotopic (exact) mass is 368 g/mol. The second kappa shape index (κ2) is 9.89. The Morgan fingerprint density at radius 1 is 1.24 bits per heavy atom. The molecule has 7 heteroatoms. The number of hydrogen-bond acceptors (Lipinski definition) is 4.